The van der Waals surface area contributed by atoms with Crippen LogP contribution in [-0.4, -0.2) is 42.8 Å². The molecule has 0 radical (unpaired) electrons. The van der Waals surface area contributed by atoms with Crippen molar-refractivity contribution in [2.45, 2.75) is 19.3 Å². The predicted molar refractivity (Wildman–Crippen MR) is 129 cm³/mol. The summed E-state index contributed by atoms with van der Waals surface area (Å²) in [4.78, 5) is 17.2. The Labute approximate surface area is 200 Å². The number of nitrogens with one attached hydrogen (secondary N) is 1. The number of benzene rings is 3. The minimum absolute atomic E-state index is 0.229. The Bertz CT molecular complexity index is 1440. The quantitative estimate of drug-likeness (QED) is 0.268. The number of tetrazole rings is 1. The van der Waals surface area contributed by atoms with E-state index in [0.29, 0.717) is 35.9 Å². The minimum Gasteiger partial charge on any atom is -0.462 e. The van der Waals surface area contributed by atoms with Gasteiger partial charge in [-0.1, -0.05) is 54.6 Å². The number of carbonyl (C=O) groups is 1. The van der Waals surface area contributed by atoms with Gasteiger partial charge in [-0.3, -0.25) is 0 Å². The summed E-state index contributed by atoms with van der Waals surface area (Å²) >= 11 is 6.22. The molecule has 5 rings (SSSR count). The normalized spacial score (nSPS) is 11.1. The first-order valence-corrected chi connectivity index (χ1v) is 11.4. The Balaban J connectivity index is 1.51. The molecule has 5 aromatic rings. The zero-order valence-electron chi connectivity index (χ0n) is 18.4. The van der Waals surface area contributed by atoms with E-state index >= 15 is 0 Å². The van der Waals surface area contributed by atoms with Crippen molar-refractivity contribution in [2.75, 3.05) is 6.61 Å². The number of imidazole rings is 1. The summed E-state index contributed by atoms with van der Waals surface area (Å²) in [6, 6.07) is 21.6. The van der Waals surface area contributed by atoms with Gasteiger partial charge in [0.25, 0.3) is 0 Å². The van der Waals surface area contributed by atoms with E-state index in [1.807, 2.05) is 34.9 Å². The highest BCUT2D eigenvalue weighted by atomic mass is 35.5. The van der Waals surface area contributed by atoms with Crippen LogP contribution in [0, 0.1) is 0 Å². The molecular formula is C25H21ClN6O2. The van der Waals surface area contributed by atoms with Gasteiger partial charge < -0.3 is 9.30 Å². The lowest BCUT2D eigenvalue weighted by Crippen LogP contribution is -2.10. The zero-order chi connectivity index (χ0) is 23.5. The molecular weight excluding hydrogens is 452 g/mol. The molecule has 1 N–H and O–H groups in total. The van der Waals surface area contributed by atoms with Crippen LogP contribution in [-0.2, 0) is 17.2 Å². The third-order valence-corrected chi connectivity index (χ3v) is 5.82. The summed E-state index contributed by atoms with van der Waals surface area (Å²) in [5, 5.41) is 14.4. The van der Waals surface area contributed by atoms with Crippen LogP contribution in [0.25, 0.3) is 33.5 Å². The van der Waals surface area contributed by atoms with Crippen molar-refractivity contribution in [3.05, 3.63) is 83.7 Å². The van der Waals surface area contributed by atoms with Crippen LogP contribution in [0.1, 0.15) is 28.7 Å². The molecule has 0 aliphatic carbocycles. The first kappa shape index (κ1) is 21.8. The monoisotopic (exact) mass is 472 g/mol. The van der Waals surface area contributed by atoms with Crippen LogP contribution < -0.4 is 0 Å². The van der Waals surface area contributed by atoms with E-state index in [9.17, 15) is 4.79 Å². The summed E-state index contributed by atoms with van der Waals surface area (Å²) in [5.74, 6) is 1.10. The number of nitrogens with zero attached hydrogens (tertiary/aromatic N) is 5. The summed E-state index contributed by atoms with van der Waals surface area (Å²) in [6.07, 6.45) is 0. The summed E-state index contributed by atoms with van der Waals surface area (Å²) < 4.78 is 7.24. The molecule has 8 nitrogen and oxygen atoms in total. The van der Waals surface area contributed by atoms with E-state index in [4.69, 9.17) is 16.3 Å². The Morgan fingerprint density at radius 1 is 1.03 bits per heavy atom. The molecule has 9 heteroatoms. The number of H-pyrrole nitrogens is 1. The third-order valence-electron chi connectivity index (χ3n) is 5.58. The van der Waals surface area contributed by atoms with Crippen molar-refractivity contribution in [3.8, 4) is 22.5 Å². The second-order valence-corrected chi connectivity index (χ2v) is 7.89. The van der Waals surface area contributed by atoms with Gasteiger partial charge >= 0.3 is 5.97 Å². The van der Waals surface area contributed by atoms with Crippen molar-refractivity contribution < 1.29 is 9.53 Å². The number of hydrogen-bond donors (Lipinski definition) is 1. The number of rotatable bonds is 7. The van der Waals surface area contributed by atoms with Crippen molar-refractivity contribution in [2.24, 2.45) is 0 Å². The van der Waals surface area contributed by atoms with E-state index in [1.165, 1.54) is 0 Å². The van der Waals surface area contributed by atoms with Crippen LogP contribution in [0.5, 0.6) is 0 Å². The number of ether oxygens (including phenoxy) is 1. The lowest BCUT2D eigenvalue weighted by Gasteiger charge is -2.12. The van der Waals surface area contributed by atoms with Gasteiger partial charge in [-0.25, -0.2) is 9.78 Å². The Morgan fingerprint density at radius 2 is 1.82 bits per heavy atom. The van der Waals surface area contributed by atoms with Crippen LogP contribution >= 0.6 is 11.6 Å². The molecule has 2 aromatic heterocycles. The summed E-state index contributed by atoms with van der Waals surface area (Å²) in [5.41, 5.74) is 5.90. The molecule has 0 atom stereocenters. The largest absolute Gasteiger partial charge is 0.462 e. The fourth-order valence-electron chi connectivity index (χ4n) is 4.06. The number of carbonyl (C=O) groups excluding carboxylic acids is 1. The summed E-state index contributed by atoms with van der Waals surface area (Å²) in [6.45, 7) is 2.61. The lowest BCUT2D eigenvalue weighted by atomic mass is 9.98. The molecule has 0 aliphatic rings. The van der Waals surface area contributed by atoms with Gasteiger partial charge in [-0.05, 0) is 41.0 Å². The van der Waals surface area contributed by atoms with E-state index < -0.39 is 0 Å². The molecule has 0 bridgehead atoms. The molecule has 0 saturated heterocycles. The number of alkyl halides is 1. The summed E-state index contributed by atoms with van der Waals surface area (Å²) in [7, 11) is 0. The molecule has 0 spiro atoms. The van der Waals surface area contributed by atoms with Crippen LogP contribution in [0.2, 0.25) is 0 Å². The van der Waals surface area contributed by atoms with Gasteiger partial charge in [-0.15, -0.1) is 21.8 Å². The van der Waals surface area contributed by atoms with E-state index in [1.54, 1.807) is 19.1 Å². The fraction of sp³-hybridized carbons (Fsp3) is 0.160. The average Bonchev–Trinajstić information content (AvgIpc) is 3.53. The Kier molecular flexibility index (Phi) is 6.05. The van der Waals surface area contributed by atoms with Crippen LogP contribution in [0.4, 0.5) is 0 Å². The molecule has 2 heterocycles. The fourth-order valence-corrected chi connectivity index (χ4v) is 4.26. The van der Waals surface area contributed by atoms with E-state index in [-0.39, 0.29) is 11.8 Å². The first-order valence-electron chi connectivity index (χ1n) is 10.8. The van der Waals surface area contributed by atoms with E-state index in [2.05, 4.69) is 49.9 Å². The first-order chi connectivity index (χ1) is 16.7. The Morgan fingerprint density at radius 3 is 2.53 bits per heavy atom. The minimum atomic E-state index is -0.371. The second kappa shape index (κ2) is 9.44. The number of fused-ring (bicyclic) bond motifs is 1. The molecule has 0 fully saturated rings. The van der Waals surface area contributed by atoms with Gasteiger partial charge in [0, 0.05) is 12.1 Å². The van der Waals surface area contributed by atoms with Gasteiger partial charge in [0.15, 0.2) is 0 Å². The highest BCUT2D eigenvalue weighted by Gasteiger charge is 2.19. The van der Waals surface area contributed by atoms with Crippen LogP contribution in [0.15, 0.2) is 66.7 Å². The zero-order valence-corrected chi connectivity index (χ0v) is 19.2. The number of aromatic nitrogens is 6. The number of hydrogen-bond acceptors (Lipinski definition) is 6. The van der Waals surface area contributed by atoms with Crippen molar-refractivity contribution >= 4 is 28.6 Å². The maximum absolute atomic E-state index is 12.6. The number of para-hydroxylation sites is 1. The maximum atomic E-state index is 12.6. The van der Waals surface area contributed by atoms with Gasteiger partial charge in [0.05, 0.1) is 29.1 Å². The topological polar surface area (TPSA) is 98.6 Å². The highest BCUT2D eigenvalue weighted by Crippen LogP contribution is 2.30. The van der Waals surface area contributed by atoms with Crippen molar-refractivity contribution in [3.63, 3.8) is 0 Å². The predicted octanol–water partition coefficient (Wildman–Crippen LogP) is 4.85. The van der Waals surface area contributed by atoms with Crippen LogP contribution in [0.3, 0.4) is 0 Å². The standard InChI is InChI=1S/C25H21ClN6O2/c1-2-34-25(33)20-8-5-9-21-23(20)32(22(14-26)27-21)15-16-10-12-17(13-11-16)18-6-3-4-7-19(18)24-28-30-31-29-24/h3-13H,2,14-15H2,1H3,(H,28,29,30,31). The van der Waals surface area contributed by atoms with E-state index in [0.717, 1.165) is 27.8 Å². The highest BCUT2D eigenvalue weighted by molar-refractivity contribution is 6.17. The second-order valence-electron chi connectivity index (χ2n) is 7.62. The van der Waals surface area contributed by atoms with Gasteiger partial charge in [0.1, 0.15) is 5.82 Å². The smallest absolute Gasteiger partial charge is 0.340 e. The molecule has 34 heavy (non-hydrogen) atoms. The number of esters is 1. The Hall–Kier alpha value is -4.04. The molecule has 0 amide bonds. The number of halogens is 1. The lowest BCUT2D eigenvalue weighted by molar-refractivity contribution is 0.0528. The van der Waals surface area contributed by atoms with Gasteiger partial charge in [0.2, 0.25) is 5.82 Å². The average molecular weight is 473 g/mol. The van der Waals surface area contributed by atoms with Crippen molar-refractivity contribution in [1.82, 2.24) is 30.2 Å². The molecule has 0 aliphatic heterocycles. The number of aromatic amines is 1. The van der Waals surface area contributed by atoms with Gasteiger partial charge in [-0.2, -0.15) is 5.21 Å². The molecule has 170 valence electrons. The SMILES string of the molecule is CCOC(=O)c1cccc2nc(CCl)n(Cc3ccc(-c4ccccc4-c4nn[nH]n4)cc3)c12. The molecule has 3 aromatic carbocycles. The third kappa shape index (κ3) is 4.04. The molecule has 0 saturated carbocycles. The molecule has 0 unspecified atom stereocenters. The maximum Gasteiger partial charge on any atom is 0.340 e. The van der Waals surface area contributed by atoms with Crippen molar-refractivity contribution in [1.29, 1.82) is 0 Å².